The van der Waals surface area contributed by atoms with Crippen molar-refractivity contribution in [2.75, 3.05) is 14.2 Å². The van der Waals surface area contributed by atoms with Crippen LogP contribution in [0.3, 0.4) is 0 Å². The van der Waals surface area contributed by atoms with Crippen LogP contribution in [0.25, 0.3) is 0 Å². The van der Waals surface area contributed by atoms with Gasteiger partial charge in [0.15, 0.2) is 5.78 Å². The molecular weight excluding hydrogens is 777 g/mol. The summed E-state index contributed by atoms with van der Waals surface area (Å²) in [5, 5.41) is 32.5. The van der Waals surface area contributed by atoms with E-state index in [1.807, 2.05) is 6.92 Å². The van der Waals surface area contributed by atoms with Crippen molar-refractivity contribution >= 4 is 17.7 Å². The number of ketones is 1. The number of hydrogen-bond donors (Lipinski definition) is 3. The van der Waals surface area contributed by atoms with E-state index in [9.17, 15) is 29.7 Å². The second-order valence-corrected chi connectivity index (χ2v) is 23.5. The molecule has 8 aliphatic rings. The lowest BCUT2D eigenvalue weighted by atomic mass is 9.42. The number of aliphatic hydroxyl groups is 3. The number of methoxy groups -OCH3 is 2. The summed E-state index contributed by atoms with van der Waals surface area (Å²) in [4.78, 5) is 37.3. The van der Waals surface area contributed by atoms with Crippen molar-refractivity contribution in [3.8, 4) is 0 Å². The van der Waals surface area contributed by atoms with Crippen LogP contribution < -0.4 is 0 Å². The summed E-state index contributed by atoms with van der Waals surface area (Å²) in [6.45, 7) is 18.5. The third kappa shape index (κ3) is 7.94. The van der Waals surface area contributed by atoms with Gasteiger partial charge in [0, 0.05) is 18.8 Å². The molecule has 8 aliphatic carbocycles. The first kappa shape index (κ1) is 47.9. The van der Waals surface area contributed by atoms with Gasteiger partial charge in [-0.3, -0.25) is 14.4 Å². The number of ether oxygens (including phenoxy) is 2. The SMILES string of the molecule is C/C=C1/C(=O)C2C3CC[C@H]([C@H](C)CCC(=O)OC)[C@@]3(C)CCC2[C@@]2(C)CC[C@@H](O)C[C@@H]12.C/C=C1/[C@@H](O)C2C3CC[C@H]([C@H](C)CCC(=O)OC)[C@@]3(C)CCC2[C@@]2(C)CC[C@@H](O)C[C@@H]12. The fourth-order valence-electron chi connectivity index (χ4n) is 17.9. The van der Waals surface area contributed by atoms with E-state index in [0.29, 0.717) is 77.8 Å². The molecular formula is C54H86O8. The molecule has 19 atom stereocenters. The van der Waals surface area contributed by atoms with E-state index in [0.717, 1.165) is 69.8 Å². The predicted molar refractivity (Wildman–Crippen MR) is 243 cm³/mol. The van der Waals surface area contributed by atoms with Crippen LogP contribution in [0.2, 0.25) is 0 Å². The molecule has 8 heteroatoms. The Morgan fingerprint density at radius 1 is 0.629 bits per heavy atom. The summed E-state index contributed by atoms with van der Waals surface area (Å²) in [7, 11) is 2.94. The molecule has 0 radical (unpaired) electrons. The Hall–Kier alpha value is -2.03. The van der Waals surface area contributed by atoms with E-state index in [1.165, 1.54) is 58.3 Å². The third-order valence-corrected chi connectivity index (χ3v) is 21.2. The minimum absolute atomic E-state index is 0.103. The van der Waals surface area contributed by atoms with Crippen molar-refractivity contribution in [3.63, 3.8) is 0 Å². The maximum atomic E-state index is 13.9. The molecule has 0 aromatic carbocycles. The van der Waals surface area contributed by atoms with E-state index in [2.05, 4.69) is 60.6 Å². The lowest BCUT2D eigenvalue weighted by Gasteiger charge is -2.63. The maximum absolute atomic E-state index is 13.9. The van der Waals surface area contributed by atoms with E-state index in [1.54, 1.807) is 0 Å². The van der Waals surface area contributed by atoms with E-state index in [-0.39, 0.29) is 63.7 Å². The van der Waals surface area contributed by atoms with Crippen LogP contribution in [-0.4, -0.2) is 65.6 Å². The fraction of sp³-hybridized carbons (Fsp3) is 0.870. The molecule has 8 nitrogen and oxygen atoms in total. The lowest BCUT2D eigenvalue weighted by Crippen LogP contribution is -2.59. The van der Waals surface area contributed by atoms with E-state index < -0.39 is 0 Å². The molecule has 0 aromatic heterocycles. The van der Waals surface area contributed by atoms with Crippen LogP contribution in [0, 0.1) is 92.7 Å². The van der Waals surface area contributed by atoms with Crippen LogP contribution in [0.15, 0.2) is 23.3 Å². The molecule has 3 N–H and O–H groups in total. The first-order chi connectivity index (χ1) is 29.3. The van der Waals surface area contributed by atoms with Crippen molar-refractivity contribution in [2.24, 2.45) is 92.7 Å². The Morgan fingerprint density at radius 2 is 1.06 bits per heavy atom. The van der Waals surface area contributed by atoms with Crippen molar-refractivity contribution in [1.82, 2.24) is 0 Å². The number of rotatable bonds is 8. The molecule has 6 unspecified atom stereocenters. The number of Topliss-reactive ketones (excluding diaryl/α,β-unsaturated/α-hetero) is 1. The van der Waals surface area contributed by atoms with Crippen molar-refractivity contribution in [1.29, 1.82) is 0 Å². The highest BCUT2D eigenvalue weighted by molar-refractivity contribution is 5.99. The van der Waals surface area contributed by atoms with Gasteiger partial charge in [-0.1, -0.05) is 53.7 Å². The Bertz CT molecular complexity index is 1720. The predicted octanol–water partition coefficient (Wildman–Crippen LogP) is 10.5. The van der Waals surface area contributed by atoms with Gasteiger partial charge in [-0.2, -0.15) is 0 Å². The summed E-state index contributed by atoms with van der Waals surface area (Å²) < 4.78 is 9.74. The molecule has 0 bridgehead atoms. The molecule has 0 aliphatic heterocycles. The lowest BCUT2D eigenvalue weighted by molar-refractivity contribution is -0.150. The monoisotopic (exact) mass is 863 g/mol. The van der Waals surface area contributed by atoms with Crippen molar-refractivity contribution < 1.29 is 39.2 Å². The van der Waals surface area contributed by atoms with Crippen LogP contribution in [0.4, 0.5) is 0 Å². The average molecular weight is 863 g/mol. The van der Waals surface area contributed by atoms with Crippen LogP contribution in [0.1, 0.15) is 171 Å². The van der Waals surface area contributed by atoms with Crippen LogP contribution >= 0.6 is 0 Å². The van der Waals surface area contributed by atoms with Gasteiger partial charge in [0.1, 0.15) is 0 Å². The molecule has 0 saturated heterocycles. The molecule has 0 heterocycles. The zero-order valence-corrected chi connectivity index (χ0v) is 40.4. The van der Waals surface area contributed by atoms with E-state index >= 15 is 0 Å². The Kier molecular flexibility index (Phi) is 14.2. The van der Waals surface area contributed by atoms with Gasteiger partial charge >= 0.3 is 11.9 Å². The van der Waals surface area contributed by atoms with Gasteiger partial charge < -0.3 is 24.8 Å². The highest BCUT2D eigenvalue weighted by Gasteiger charge is 2.66. The van der Waals surface area contributed by atoms with E-state index in [4.69, 9.17) is 9.47 Å². The van der Waals surface area contributed by atoms with Gasteiger partial charge in [0.25, 0.3) is 0 Å². The number of hydrogen-bond acceptors (Lipinski definition) is 8. The van der Waals surface area contributed by atoms with Crippen molar-refractivity contribution in [3.05, 3.63) is 23.3 Å². The van der Waals surface area contributed by atoms with Crippen LogP contribution in [0.5, 0.6) is 0 Å². The second kappa shape index (κ2) is 18.3. The van der Waals surface area contributed by atoms with Crippen molar-refractivity contribution in [2.45, 2.75) is 189 Å². The van der Waals surface area contributed by atoms with Gasteiger partial charge in [-0.15, -0.1) is 0 Å². The molecule has 8 rings (SSSR count). The van der Waals surface area contributed by atoms with Gasteiger partial charge in [-0.05, 0) is 214 Å². The smallest absolute Gasteiger partial charge is 0.305 e. The molecule has 350 valence electrons. The van der Waals surface area contributed by atoms with Gasteiger partial charge in [0.05, 0.1) is 32.5 Å². The largest absolute Gasteiger partial charge is 0.469 e. The maximum Gasteiger partial charge on any atom is 0.305 e. The number of aliphatic hydroxyl groups excluding tert-OH is 3. The summed E-state index contributed by atoms with van der Waals surface area (Å²) in [6, 6.07) is 0. The molecule has 8 saturated carbocycles. The Balaban J connectivity index is 0.000000186. The molecule has 0 spiro atoms. The topological polar surface area (TPSA) is 130 Å². The van der Waals surface area contributed by atoms with Gasteiger partial charge in [0.2, 0.25) is 0 Å². The Labute approximate surface area is 375 Å². The average Bonchev–Trinajstić information content (AvgIpc) is 3.80. The van der Waals surface area contributed by atoms with Gasteiger partial charge in [-0.25, -0.2) is 0 Å². The zero-order chi connectivity index (χ0) is 45.1. The molecule has 0 amide bonds. The molecule has 0 aromatic rings. The fourth-order valence-corrected chi connectivity index (χ4v) is 17.9. The van der Waals surface area contributed by atoms with Crippen LogP contribution in [-0.2, 0) is 23.9 Å². The summed E-state index contributed by atoms with van der Waals surface area (Å²) in [5.74, 6) is 5.33. The normalized spacial score (nSPS) is 48.0. The number of allylic oxidation sites excluding steroid dienone is 3. The Morgan fingerprint density at radius 3 is 1.58 bits per heavy atom. The number of carbonyl (C=O) groups excluding carboxylic acids is 3. The second-order valence-electron chi connectivity index (χ2n) is 23.5. The minimum Gasteiger partial charge on any atom is -0.469 e. The zero-order valence-electron chi connectivity index (χ0n) is 40.4. The number of esters is 2. The minimum atomic E-state index is -0.368. The highest BCUT2D eigenvalue weighted by atomic mass is 16.5. The number of fused-ring (bicyclic) bond motifs is 10. The first-order valence-corrected chi connectivity index (χ1v) is 25.4. The molecule has 62 heavy (non-hydrogen) atoms. The highest BCUT2D eigenvalue weighted by Crippen LogP contribution is 2.70. The number of carbonyl (C=O) groups is 3. The summed E-state index contributed by atoms with van der Waals surface area (Å²) in [6.07, 6.45) is 21.0. The first-order valence-electron chi connectivity index (χ1n) is 25.4. The third-order valence-electron chi connectivity index (χ3n) is 21.2. The standard InChI is InChI=1S/C27H44O4.C27H42O4/c2*1-6-18-22-15-17(28)11-13-27(22,4)21-12-14-26(3)19(16(2)7-10-23(29)31-5)8-9-20(26)24(21)25(18)30/h6,16-17,19-22,24-25,28,30H,7-15H2,1-5H3;6,16-17,19-22,24,28H,7-15H2,1-5H3/b2*18-6+/t16-,17-,19-,20?,21?,22+,24?,25-,26-,27-;16-,17-,19-,20?,21?,22+,24?,26-,27-/m11/s1. The summed E-state index contributed by atoms with van der Waals surface area (Å²) >= 11 is 0. The summed E-state index contributed by atoms with van der Waals surface area (Å²) in [5.41, 5.74) is 2.97. The quantitative estimate of drug-likeness (QED) is 0.125. The molecule has 8 fully saturated rings.